The molecule has 1 N–H and O–H groups in total. The van der Waals surface area contributed by atoms with Crippen LogP contribution in [0.4, 0.5) is 0 Å². The predicted molar refractivity (Wildman–Crippen MR) is 61.4 cm³/mol. The van der Waals surface area contributed by atoms with Crippen molar-refractivity contribution in [3.05, 3.63) is 41.5 Å². The number of nitrogens with zero attached hydrogens (tertiary/aromatic N) is 4. The lowest BCUT2D eigenvalue weighted by molar-refractivity contribution is 0.0775. The van der Waals surface area contributed by atoms with E-state index in [1.165, 1.54) is 17.3 Å². The van der Waals surface area contributed by atoms with Gasteiger partial charge in [0.25, 0.3) is 5.91 Å². The molecule has 2 aromatic heterocycles. The van der Waals surface area contributed by atoms with E-state index in [0.29, 0.717) is 12.4 Å². The van der Waals surface area contributed by atoms with Gasteiger partial charge in [-0.1, -0.05) is 11.6 Å². The van der Waals surface area contributed by atoms with E-state index in [0.717, 1.165) is 0 Å². The summed E-state index contributed by atoms with van der Waals surface area (Å²) >= 11 is 5.60. The van der Waals surface area contributed by atoms with Gasteiger partial charge in [-0.05, 0) is 0 Å². The van der Waals surface area contributed by atoms with Gasteiger partial charge in [-0.25, -0.2) is 15.0 Å². The molecule has 0 saturated carbocycles. The van der Waals surface area contributed by atoms with Crippen molar-refractivity contribution < 1.29 is 4.79 Å². The average Bonchev–Trinajstić information content (AvgIpc) is 2.82. The van der Waals surface area contributed by atoms with Crippen LogP contribution in [-0.2, 0) is 6.54 Å². The molecule has 0 aliphatic rings. The monoisotopic (exact) mass is 251 g/mol. The fourth-order valence-electron chi connectivity index (χ4n) is 1.30. The Morgan fingerprint density at radius 1 is 1.41 bits per heavy atom. The summed E-state index contributed by atoms with van der Waals surface area (Å²) in [6.45, 7) is 0.385. The lowest BCUT2D eigenvalue weighted by Crippen LogP contribution is -2.27. The summed E-state index contributed by atoms with van der Waals surface area (Å²) in [5.41, 5.74) is 0.253. The Balaban J connectivity index is 2.07. The highest BCUT2D eigenvalue weighted by Crippen LogP contribution is 2.05. The molecule has 0 aliphatic carbocycles. The summed E-state index contributed by atoms with van der Waals surface area (Å²) in [6.07, 6.45) is 6.03. The normalized spacial score (nSPS) is 10.2. The van der Waals surface area contributed by atoms with Crippen molar-refractivity contribution in [2.45, 2.75) is 6.54 Å². The van der Waals surface area contributed by atoms with Crippen molar-refractivity contribution in [1.82, 2.24) is 24.8 Å². The number of halogens is 1. The molecule has 0 saturated heterocycles. The van der Waals surface area contributed by atoms with E-state index in [4.69, 9.17) is 11.6 Å². The molecule has 6 nitrogen and oxygen atoms in total. The number of hydrogen-bond acceptors (Lipinski definition) is 4. The van der Waals surface area contributed by atoms with Crippen molar-refractivity contribution in [1.29, 1.82) is 0 Å². The first-order valence-corrected chi connectivity index (χ1v) is 5.26. The van der Waals surface area contributed by atoms with Crippen LogP contribution in [0, 0.1) is 0 Å². The van der Waals surface area contributed by atoms with Gasteiger partial charge in [0.05, 0.1) is 18.9 Å². The van der Waals surface area contributed by atoms with Gasteiger partial charge in [0, 0.05) is 19.4 Å². The van der Waals surface area contributed by atoms with Gasteiger partial charge < -0.3 is 9.88 Å². The maximum atomic E-state index is 11.9. The molecule has 0 fully saturated rings. The van der Waals surface area contributed by atoms with Crippen LogP contribution in [0.5, 0.6) is 0 Å². The number of nitrogens with one attached hydrogen (secondary N) is 1. The largest absolute Gasteiger partial charge is 0.347 e. The van der Waals surface area contributed by atoms with E-state index >= 15 is 0 Å². The van der Waals surface area contributed by atoms with E-state index < -0.39 is 0 Å². The minimum Gasteiger partial charge on any atom is -0.347 e. The number of aromatic nitrogens is 4. The standard InChI is InChI=1S/C10H10ClN5O/c1-16(6-9-12-2-3-13-9)10(17)7-4-15-8(11)5-14-7/h2-5H,6H2,1H3,(H,12,13). The molecule has 2 rings (SSSR count). The number of aromatic amines is 1. The molecular weight excluding hydrogens is 242 g/mol. The zero-order valence-corrected chi connectivity index (χ0v) is 9.85. The fraction of sp³-hybridized carbons (Fsp3) is 0.200. The first-order chi connectivity index (χ1) is 8.16. The highest BCUT2D eigenvalue weighted by atomic mass is 35.5. The zero-order chi connectivity index (χ0) is 12.3. The molecule has 88 valence electrons. The van der Waals surface area contributed by atoms with Crippen molar-refractivity contribution >= 4 is 17.5 Å². The number of hydrogen-bond donors (Lipinski definition) is 1. The molecule has 17 heavy (non-hydrogen) atoms. The fourth-order valence-corrected chi connectivity index (χ4v) is 1.40. The summed E-state index contributed by atoms with van der Waals surface area (Å²) in [5, 5.41) is 0.259. The molecule has 0 bridgehead atoms. The second-order valence-corrected chi connectivity index (χ2v) is 3.81. The van der Waals surface area contributed by atoms with Crippen LogP contribution in [0.3, 0.4) is 0 Å². The Bertz CT molecular complexity index is 496. The molecule has 0 unspecified atom stereocenters. The summed E-state index contributed by atoms with van der Waals surface area (Å²) in [6, 6.07) is 0. The van der Waals surface area contributed by atoms with Crippen LogP contribution in [0.1, 0.15) is 16.3 Å². The third-order valence-electron chi connectivity index (χ3n) is 2.13. The number of H-pyrrole nitrogens is 1. The summed E-state index contributed by atoms with van der Waals surface area (Å²) in [4.78, 5) is 28.1. The number of carbonyl (C=O) groups is 1. The van der Waals surface area contributed by atoms with Gasteiger partial charge in [-0.15, -0.1) is 0 Å². The summed E-state index contributed by atoms with van der Waals surface area (Å²) in [5.74, 6) is 0.480. The molecule has 0 atom stereocenters. The number of amides is 1. The molecule has 2 aromatic rings. The smallest absolute Gasteiger partial charge is 0.274 e. The first kappa shape index (κ1) is 11.5. The minimum absolute atomic E-state index is 0.231. The molecule has 0 radical (unpaired) electrons. The van der Waals surface area contributed by atoms with Crippen LogP contribution in [0.25, 0.3) is 0 Å². The van der Waals surface area contributed by atoms with Gasteiger partial charge in [0.15, 0.2) is 0 Å². The molecule has 7 heteroatoms. The van der Waals surface area contributed by atoms with E-state index in [1.807, 2.05) is 0 Å². The van der Waals surface area contributed by atoms with Crippen LogP contribution in [-0.4, -0.2) is 37.8 Å². The van der Waals surface area contributed by atoms with Gasteiger partial charge in [-0.3, -0.25) is 4.79 Å². The molecular formula is C10H10ClN5O. The lowest BCUT2D eigenvalue weighted by atomic mass is 10.4. The van der Waals surface area contributed by atoms with Gasteiger partial charge >= 0.3 is 0 Å². The van der Waals surface area contributed by atoms with Crippen LogP contribution < -0.4 is 0 Å². The molecule has 2 heterocycles. The van der Waals surface area contributed by atoms with Crippen LogP contribution in [0.2, 0.25) is 5.15 Å². The van der Waals surface area contributed by atoms with Gasteiger partial charge in [-0.2, -0.15) is 0 Å². The Morgan fingerprint density at radius 3 is 2.82 bits per heavy atom. The first-order valence-electron chi connectivity index (χ1n) is 4.88. The molecule has 0 aromatic carbocycles. The molecule has 1 amide bonds. The van der Waals surface area contributed by atoms with E-state index in [1.54, 1.807) is 19.4 Å². The molecule has 0 aliphatic heterocycles. The quantitative estimate of drug-likeness (QED) is 0.887. The van der Waals surface area contributed by atoms with Gasteiger partial charge in [0.2, 0.25) is 0 Å². The predicted octanol–water partition coefficient (Wildman–Crippen LogP) is 1.13. The Kier molecular flexibility index (Phi) is 3.34. The number of imidazole rings is 1. The maximum absolute atomic E-state index is 11.9. The van der Waals surface area contributed by atoms with E-state index in [2.05, 4.69) is 19.9 Å². The number of carbonyl (C=O) groups excluding carboxylic acids is 1. The third kappa shape index (κ3) is 2.79. The van der Waals surface area contributed by atoms with Crippen molar-refractivity contribution in [2.75, 3.05) is 7.05 Å². The highest BCUT2D eigenvalue weighted by Gasteiger charge is 2.14. The highest BCUT2D eigenvalue weighted by molar-refractivity contribution is 6.29. The third-order valence-corrected chi connectivity index (χ3v) is 2.32. The Morgan fingerprint density at radius 2 is 2.24 bits per heavy atom. The molecule has 0 spiro atoms. The minimum atomic E-state index is -0.231. The summed E-state index contributed by atoms with van der Waals surface area (Å²) in [7, 11) is 1.67. The second kappa shape index (κ2) is 4.92. The van der Waals surface area contributed by atoms with E-state index in [9.17, 15) is 4.79 Å². The van der Waals surface area contributed by atoms with Crippen molar-refractivity contribution in [3.63, 3.8) is 0 Å². The topological polar surface area (TPSA) is 74.8 Å². The zero-order valence-electron chi connectivity index (χ0n) is 9.09. The van der Waals surface area contributed by atoms with E-state index in [-0.39, 0.29) is 16.8 Å². The Hall–Kier alpha value is -1.95. The second-order valence-electron chi connectivity index (χ2n) is 3.42. The van der Waals surface area contributed by atoms with Gasteiger partial charge in [0.1, 0.15) is 16.7 Å². The maximum Gasteiger partial charge on any atom is 0.274 e. The lowest BCUT2D eigenvalue weighted by Gasteiger charge is -2.14. The van der Waals surface area contributed by atoms with Crippen LogP contribution in [0.15, 0.2) is 24.8 Å². The number of rotatable bonds is 3. The van der Waals surface area contributed by atoms with Crippen molar-refractivity contribution in [2.24, 2.45) is 0 Å². The SMILES string of the molecule is CN(Cc1ncc[nH]1)C(=O)c1cnc(Cl)cn1. The average molecular weight is 252 g/mol. The van der Waals surface area contributed by atoms with Crippen LogP contribution >= 0.6 is 11.6 Å². The summed E-state index contributed by atoms with van der Waals surface area (Å²) < 4.78 is 0. The Labute approximate surface area is 103 Å². The van der Waals surface area contributed by atoms with Crippen molar-refractivity contribution in [3.8, 4) is 0 Å².